The lowest BCUT2D eigenvalue weighted by atomic mass is 10.4. The molecule has 0 fully saturated rings. The van der Waals surface area contributed by atoms with Crippen LogP contribution in [-0.2, 0) is 9.53 Å². The van der Waals surface area contributed by atoms with Gasteiger partial charge in [-0.25, -0.2) is 4.79 Å². The van der Waals surface area contributed by atoms with E-state index in [2.05, 4.69) is 4.74 Å². The summed E-state index contributed by atoms with van der Waals surface area (Å²) in [5, 5.41) is -0.0579. The first-order valence-corrected chi connectivity index (χ1v) is 2.67. The first-order valence-electron chi connectivity index (χ1n) is 2.29. The van der Waals surface area contributed by atoms with Gasteiger partial charge in [-0.1, -0.05) is 11.6 Å². The van der Waals surface area contributed by atoms with Gasteiger partial charge in [-0.2, -0.15) is 0 Å². The fourth-order valence-electron chi connectivity index (χ4n) is 0.251. The summed E-state index contributed by atoms with van der Waals surface area (Å²) < 4.78 is 4.26. The molecule has 0 unspecified atom stereocenters. The first-order chi connectivity index (χ1) is 4.09. The van der Waals surface area contributed by atoms with Gasteiger partial charge < -0.3 is 10.5 Å². The van der Waals surface area contributed by atoms with Crippen molar-refractivity contribution in [1.29, 1.82) is 0 Å². The number of allylic oxidation sites excluding steroid dienone is 1. The smallest absolute Gasteiger partial charge is 0.351 e. The van der Waals surface area contributed by atoms with E-state index in [1.165, 1.54) is 14.0 Å². The summed E-state index contributed by atoms with van der Waals surface area (Å²) in [4.78, 5) is 10.5. The summed E-state index contributed by atoms with van der Waals surface area (Å²) in [5.74, 6) is -0.600. The number of methoxy groups -OCH3 is 1. The predicted octanol–water partition coefficient (Wildman–Crippen LogP) is 0.588. The zero-order valence-electron chi connectivity index (χ0n) is 5.27. The molecule has 2 N–H and O–H groups in total. The maximum absolute atomic E-state index is 10.5. The summed E-state index contributed by atoms with van der Waals surface area (Å²) >= 11 is 5.35. The van der Waals surface area contributed by atoms with Crippen LogP contribution in [0.5, 0.6) is 0 Å². The Morgan fingerprint density at radius 3 is 2.22 bits per heavy atom. The second-order valence-electron chi connectivity index (χ2n) is 1.49. The number of carbonyl (C=O) groups is 1. The molecule has 9 heavy (non-hydrogen) atoms. The van der Waals surface area contributed by atoms with E-state index in [1.54, 1.807) is 0 Å². The van der Waals surface area contributed by atoms with Gasteiger partial charge in [0.2, 0.25) is 0 Å². The number of hydrogen-bond acceptors (Lipinski definition) is 3. The first kappa shape index (κ1) is 8.30. The van der Waals surface area contributed by atoms with Gasteiger partial charge in [0.15, 0.2) is 0 Å². The minimum atomic E-state index is -0.600. The normalized spacial score (nSPS) is 12.3. The van der Waals surface area contributed by atoms with Crippen LogP contribution in [0.3, 0.4) is 0 Å². The summed E-state index contributed by atoms with van der Waals surface area (Å²) in [6.07, 6.45) is 0. The molecular weight excluding hydrogens is 142 g/mol. The van der Waals surface area contributed by atoms with Gasteiger partial charge in [0.25, 0.3) is 0 Å². The molecule has 0 aromatic carbocycles. The third-order valence-electron chi connectivity index (χ3n) is 0.711. The Morgan fingerprint density at radius 1 is 1.67 bits per heavy atom. The van der Waals surface area contributed by atoms with Gasteiger partial charge in [-0.3, -0.25) is 0 Å². The van der Waals surface area contributed by atoms with Crippen LogP contribution in [0.2, 0.25) is 0 Å². The summed E-state index contributed by atoms with van der Waals surface area (Å²) in [5.41, 5.74) is 5.43. The predicted molar refractivity (Wildman–Crippen MR) is 34.8 cm³/mol. The van der Waals surface area contributed by atoms with Crippen molar-refractivity contribution >= 4 is 17.6 Å². The maximum atomic E-state index is 10.5. The highest BCUT2D eigenvalue weighted by Gasteiger charge is 2.06. The lowest BCUT2D eigenvalue weighted by Crippen LogP contribution is -2.05. The minimum Gasteiger partial charge on any atom is -0.465 e. The molecule has 0 saturated carbocycles. The molecule has 0 aliphatic carbocycles. The molecule has 0 rings (SSSR count). The van der Waals surface area contributed by atoms with Gasteiger partial charge >= 0.3 is 5.97 Å². The van der Waals surface area contributed by atoms with Crippen LogP contribution < -0.4 is 5.73 Å². The largest absolute Gasteiger partial charge is 0.465 e. The van der Waals surface area contributed by atoms with E-state index in [0.29, 0.717) is 0 Å². The molecule has 0 saturated heterocycles. The molecule has 0 amide bonds. The number of halogens is 1. The summed E-state index contributed by atoms with van der Waals surface area (Å²) in [6, 6.07) is 0. The standard InChI is InChI=1S/C5H8ClNO2/c1-3(7)4(6)5(8)9-2/h7H2,1-2H3/b4-3+. The maximum Gasteiger partial charge on any atom is 0.351 e. The van der Waals surface area contributed by atoms with Crippen molar-refractivity contribution in [1.82, 2.24) is 0 Å². The topological polar surface area (TPSA) is 52.3 Å². The van der Waals surface area contributed by atoms with Crippen molar-refractivity contribution in [2.45, 2.75) is 6.92 Å². The molecule has 0 aromatic heterocycles. The van der Waals surface area contributed by atoms with Crippen LogP contribution in [0.1, 0.15) is 6.92 Å². The van der Waals surface area contributed by atoms with Crippen molar-refractivity contribution < 1.29 is 9.53 Å². The highest BCUT2D eigenvalue weighted by molar-refractivity contribution is 6.41. The molecule has 0 spiro atoms. The quantitative estimate of drug-likeness (QED) is 0.439. The lowest BCUT2D eigenvalue weighted by Gasteiger charge is -1.96. The van der Waals surface area contributed by atoms with Gasteiger partial charge in [0.1, 0.15) is 5.03 Å². The number of esters is 1. The van der Waals surface area contributed by atoms with Gasteiger partial charge in [0.05, 0.1) is 7.11 Å². The number of ether oxygens (including phenoxy) is 1. The molecule has 0 aliphatic heterocycles. The highest BCUT2D eigenvalue weighted by Crippen LogP contribution is 2.05. The van der Waals surface area contributed by atoms with E-state index >= 15 is 0 Å². The Hall–Kier alpha value is -0.700. The zero-order valence-corrected chi connectivity index (χ0v) is 6.03. The fraction of sp³-hybridized carbons (Fsp3) is 0.400. The molecule has 3 nitrogen and oxygen atoms in total. The van der Waals surface area contributed by atoms with Crippen LogP contribution in [0.4, 0.5) is 0 Å². The van der Waals surface area contributed by atoms with Crippen LogP contribution in [-0.4, -0.2) is 13.1 Å². The Balaban J connectivity index is 4.21. The molecule has 0 radical (unpaired) electrons. The number of rotatable bonds is 1. The van der Waals surface area contributed by atoms with E-state index in [4.69, 9.17) is 17.3 Å². The summed E-state index contributed by atoms with van der Waals surface area (Å²) in [7, 11) is 1.24. The lowest BCUT2D eigenvalue weighted by molar-refractivity contribution is -0.135. The molecule has 4 heteroatoms. The Labute approximate surface area is 58.4 Å². The van der Waals surface area contributed by atoms with Crippen molar-refractivity contribution in [2.75, 3.05) is 7.11 Å². The number of carbonyl (C=O) groups excluding carboxylic acids is 1. The number of hydrogen-bond donors (Lipinski definition) is 1. The molecular formula is C5H8ClNO2. The second-order valence-corrected chi connectivity index (χ2v) is 1.87. The Kier molecular flexibility index (Phi) is 3.09. The van der Waals surface area contributed by atoms with E-state index < -0.39 is 5.97 Å². The fourth-order valence-corrected chi connectivity index (χ4v) is 0.328. The van der Waals surface area contributed by atoms with E-state index in [1.807, 2.05) is 0 Å². The van der Waals surface area contributed by atoms with Crippen molar-refractivity contribution in [3.8, 4) is 0 Å². The average Bonchev–Trinajstić information content (AvgIpc) is 1.84. The van der Waals surface area contributed by atoms with E-state index in [9.17, 15) is 4.79 Å². The minimum absolute atomic E-state index is 0.0579. The van der Waals surface area contributed by atoms with Gasteiger partial charge in [-0.05, 0) is 6.92 Å². The monoisotopic (exact) mass is 149 g/mol. The molecule has 0 bridgehead atoms. The Morgan fingerprint density at radius 2 is 2.11 bits per heavy atom. The van der Waals surface area contributed by atoms with Crippen molar-refractivity contribution in [3.05, 3.63) is 10.7 Å². The highest BCUT2D eigenvalue weighted by atomic mass is 35.5. The van der Waals surface area contributed by atoms with Crippen LogP contribution in [0.25, 0.3) is 0 Å². The molecule has 0 atom stereocenters. The third kappa shape index (κ3) is 2.37. The molecule has 0 aromatic rings. The van der Waals surface area contributed by atoms with E-state index in [-0.39, 0.29) is 10.7 Å². The van der Waals surface area contributed by atoms with Gasteiger partial charge in [0, 0.05) is 5.70 Å². The third-order valence-corrected chi connectivity index (χ3v) is 1.16. The number of nitrogens with two attached hydrogens (primary N) is 1. The average molecular weight is 150 g/mol. The SMILES string of the molecule is COC(=O)/C(Cl)=C(/C)N. The Bertz CT molecular complexity index is 149. The molecule has 52 valence electrons. The van der Waals surface area contributed by atoms with Gasteiger partial charge in [-0.15, -0.1) is 0 Å². The molecule has 0 aliphatic rings. The van der Waals surface area contributed by atoms with E-state index in [0.717, 1.165) is 0 Å². The second kappa shape index (κ2) is 3.35. The summed E-state index contributed by atoms with van der Waals surface area (Å²) in [6.45, 7) is 1.53. The zero-order chi connectivity index (χ0) is 7.44. The van der Waals surface area contributed by atoms with Crippen molar-refractivity contribution in [2.24, 2.45) is 5.73 Å². The van der Waals surface area contributed by atoms with Crippen molar-refractivity contribution in [3.63, 3.8) is 0 Å². The molecule has 0 heterocycles. The van der Waals surface area contributed by atoms with Crippen LogP contribution >= 0.6 is 11.6 Å². The van der Waals surface area contributed by atoms with Crippen LogP contribution in [0, 0.1) is 0 Å². The van der Waals surface area contributed by atoms with Crippen LogP contribution in [0.15, 0.2) is 10.7 Å².